The van der Waals surface area contributed by atoms with Gasteiger partial charge in [0.15, 0.2) is 0 Å². The lowest BCUT2D eigenvalue weighted by molar-refractivity contribution is 0.288. The minimum absolute atomic E-state index is 0.249. The normalized spacial score (nSPS) is 11.1. The van der Waals surface area contributed by atoms with Gasteiger partial charge in [0.05, 0.1) is 11.0 Å². The summed E-state index contributed by atoms with van der Waals surface area (Å²) in [5, 5.41) is 8.77. The first-order valence-corrected chi connectivity index (χ1v) is 5.25. The molecule has 80 valence electrons. The number of hydrogen-bond donors (Lipinski definition) is 1. The molecule has 1 aromatic heterocycles. The molecule has 2 rings (SSSR count). The highest BCUT2D eigenvalue weighted by Crippen LogP contribution is 2.17. The Balaban J connectivity index is 2.39. The summed E-state index contributed by atoms with van der Waals surface area (Å²) in [5.41, 5.74) is 3.46. The molecule has 1 N–H and O–H groups in total. The van der Waals surface area contributed by atoms with Gasteiger partial charge in [-0.25, -0.2) is 4.98 Å². The molecule has 0 aliphatic carbocycles. The maximum atomic E-state index is 8.77. The molecule has 0 amide bonds. The Morgan fingerprint density at radius 2 is 2.20 bits per heavy atom. The van der Waals surface area contributed by atoms with Gasteiger partial charge in [-0.15, -0.1) is 0 Å². The molecule has 0 saturated carbocycles. The maximum absolute atomic E-state index is 8.77. The molecule has 1 heterocycles. The van der Waals surface area contributed by atoms with E-state index in [4.69, 9.17) is 5.11 Å². The second kappa shape index (κ2) is 4.03. The Kier molecular flexibility index (Phi) is 2.73. The van der Waals surface area contributed by atoms with E-state index >= 15 is 0 Å². The summed E-state index contributed by atoms with van der Waals surface area (Å²) in [6.45, 7) is 2.26. The van der Waals surface area contributed by atoms with E-state index in [1.54, 1.807) is 0 Å². The van der Waals surface area contributed by atoms with Crippen molar-refractivity contribution in [3.05, 3.63) is 29.6 Å². The summed E-state index contributed by atoms with van der Waals surface area (Å²) in [5.74, 6) is 1.03. The van der Waals surface area contributed by atoms with E-state index in [0.29, 0.717) is 0 Å². The summed E-state index contributed by atoms with van der Waals surface area (Å²) in [6.07, 6.45) is 1.74. The van der Waals surface area contributed by atoms with E-state index in [0.717, 1.165) is 24.2 Å². The van der Waals surface area contributed by atoms with E-state index in [9.17, 15) is 0 Å². The van der Waals surface area contributed by atoms with Gasteiger partial charge in [0.25, 0.3) is 0 Å². The molecule has 0 fully saturated rings. The van der Waals surface area contributed by atoms with Crippen molar-refractivity contribution in [2.45, 2.75) is 19.8 Å². The van der Waals surface area contributed by atoms with Crippen molar-refractivity contribution in [1.82, 2.24) is 9.55 Å². The smallest absolute Gasteiger partial charge is 0.106 e. The van der Waals surface area contributed by atoms with Crippen LogP contribution >= 0.6 is 0 Å². The number of imidazole rings is 1. The second-order valence-corrected chi connectivity index (χ2v) is 3.87. The van der Waals surface area contributed by atoms with Crippen LogP contribution in [0.5, 0.6) is 0 Å². The van der Waals surface area contributed by atoms with Crippen molar-refractivity contribution in [2.75, 3.05) is 6.61 Å². The highest BCUT2D eigenvalue weighted by molar-refractivity contribution is 5.76. The average Bonchev–Trinajstić information content (AvgIpc) is 2.52. The number of benzene rings is 1. The van der Waals surface area contributed by atoms with Crippen LogP contribution in [0, 0.1) is 6.92 Å². The van der Waals surface area contributed by atoms with Gasteiger partial charge in [0.1, 0.15) is 5.82 Å². The van der Waals surface area contributed by atoms with Gasteiger partial charge in [-0.3, -0.25) is 0 Å². The van der Waals surface area contributed by atoms with Crippen molar-refractivity contribution < 1.29 is 5.11 Å². The highest BCUT2D eigenvalue weighted by Gasteiger charge is 2.04. The number of hydrogen-bond acceptors (Lipinski definition) is 2. The van der Waals surface area contributed by atoms with Crippen molar-refractivity contribution in [2.24, 2.45) is 7.05 Å². The van der Waals surface area contributed by atoms with Crippen LogP contribution in [0.1, 0.15) is 17.8 Å². The largest absolute Gasteiger partial charge is 0.396 e. The molecule has 0 aliphatic heterocycles. The topological polar surface area (TPSA) is 38.1 Å². The molecule has 1 aromatic carbocycles. The molecule has 15 heavy (non-hydrogen) atoms. The number of rotatable bonds is 3. The molecule has 3 nitrogen and oxygen atoms in total. The van der Waals surface area contributed by atoms with Crippen LogP contribution in [0.15, 0.2) is 18.2 Å². The van der Waals surface area contributed by atoms with Gasteiger partial charge in [0.2, 0.25) is 0 Å². The second-order valence-electron chi connectivity index (χ2n) is 3.87. The van der Waals surface area contributed by atoms with Gasteiger partial charge in [-0.2, -0.15) is 0 Å². The summed E-state index contributed by atoms with van der Waals surface area (Å²) >= 11 is 0. The molecular formula is C12H16N2O. The van der Waals surface area contributed by atoms with Crippen LogP contribution in [0.2, 0.25) is 0 Å². The number of aromatic nitrogens is 2. The number of aliphatic hydroxyl groups excluding tert-OH is 1. The molecular weight excluding hydrogens is 188 g/mol. The maximum Gasteiger partial charge on any atom is 0.106 e. The van der Waals surface area contributed by atoms with Gasteiger partial charge in [-0.1, -0.05) is 6.07 Å². The minimum Gasteiger partial charge on any atom is -0.396 e. The summed E-state index contributed by atoms with van der Waals surface area (Å²) in [6, 6.07) is 6.32. The number of nitrogens with zero attached hydrogens (tertiary/aromatic N) is 2. The summed E-state index contributed by atoms with van der Waals surface area (Å²) in [7, 11) is 2.03. The highest BCUT2D eigenvalue weighted by atomic mass is 16.2. The third-order valence-corrected chi connectivity index (χ3v) is 2.79. The number of aryl methyl sites for hydroxylation is 3. The zero-order valence-corrected chi connectivity index (χ0v) is 9.20. The molecule has 2 aromatic rings. The molecule has 0 aliphatic rings. The molecule has 0 atom stereocenters. The van der Waals surface area contributed by atoms with Crippen LogP contribution in [-0.4, -0.2) is 21.3 Å². The molecule has 0 saturated heterocycles. The van der Waals surface area contributed by atoms with Crippen molar-refractivity contribution in [1.29, 1.82) is 0 Å². The third-order valence-electron chi connectivity index (χ3n) is 2.79. The van der Waals surface area contributed by atoms with Crippen molar-refractivity contribution >= 4 is 11.0 Å². The van der Waals surface area contributed by atoms with Gasteiger partial charge < -0.3 is 9.67 Å². The van der Waals surface area contributed by atoms with Gasteiger partial charge in [0, 0.05) is 13.7 Å². The molecule has 0 bridgehead atoms. The monoisotopic (exact) mass is 204 g/mol. The first kappa shape index (κ1) is 10.2. The van der Waals surface area contributed by atoms with Gasteiger partial charge in [-0.05, 0) is 37.5 Å². The molecule has 3 heteroatoms. The number of fused-ring (bicyclic) bond motifs is 1. The molecule has 0 unspecified atom stereocenters. The fraction of sp³-hybridized carbons (Fsp3) is 0.417. The van der Waals surface area contributed by atoms with Crippen LogP contribution in [0.4, 0.5) is 0 Å². The first-order valence-electron chi connectivity index (χ1n) is 5.25. The van der Waals surface area contributed by atoms with E-state index in [1.165, 1.54) is 11.1 Å². The van der Waals surface area contributed by atoms with Crippen LogP contribution in [-0.2, 0) is 13.5 Å². The Bertz CT molecular complexity index is 474. The fourth-order valence-corrected chi connectivity index (χ4v) is 1.80. The SMILES string of the molecule is Cc1nc2cc(CCCO)ccc2n1C. The summed E-state index contributed by atoms with van der Waals surface area (Å²) < 4.78 is 2.09. The van der Waals surface area contributed by atoms with Crippen LogP contribution in [0.3, 0.4) is 0 Å². The van der Waals surface area contributed by atoms with Gasteiger partial charge >= 0.3 is 0 Å². The average molecular weight is 204 g/mol. The fourth-order valence-electron chi connectivity index (χ4n) is 1.80. The number of aliphatic hydroxyl groups is 1. The van der Waals surface area contributed by atoms with E-state index in [-0.39, 0.29) is 6.61 Å². The molecule has 0 spiro atoms. The Labute approximate surface area is 89.4 Å². The third kappa shape index (κ3) is 1.88. The summed E-state index contributed by atoms with van der Waals surface area (Å²) in [4.78, 5) is 4.48. The molecule has 0 radical (unpaired) electrons. The predicted molar refractivity (Wildman–Crippen MR) is 60.9 cm³/mol. The Hall–Kier alpha value is -1.35. The lowest BCUT2D eigenvalue weighted by Gasteiger charge is -2.00. The van der Waals surface area contributed by atoms with Crippen molar-refractivity contribution in [3.8, 4) is 0 Å². The van der Waals surface area contributed by atoms with E-state index in [2.05, 4.69) is 27.8 Å². The van der Waals surface area contributed by atoms with Crippen LogP contribution < -0.4 is 0 Å². The zero-order chi connectivity index (χ0) is 10.8. The quantitative estimate of drug-likeness (QED) is 0.828. The Morgan fingerprint density at radius 1 is 1.40 bits per heavy atom. The predicted octanol–water partition coefficient (Wildman–Crippen LogP) is 1.81. The zero-order valence-electron chi connectivity index (χ0n) is 9.20. The first-order chi connectivity index (χ1) is 7.22. The Morgan fingerprint density at radius 3 is 2.93 bits per heavy atom. The minimum atomic E-state index is 0.249. The van der Waals surface area contributed by atoms with Crippen molar-refractivity contribution in [3.63, 3.8) is 0 Å². The lowest BCUT2D eigenvalue weighted by Crippen LogP contribution is -1.91. The standard InChI is InChI=1S/C12H16N2O/c1-9-13-11-8-10(4-3-7-15)5-6-12(11)14(9)2/h5-6,8,15H,3-4,7H2,1-2H3. The van der Waals surface area contributed by atoms with Crippen LogP contribution in [0.25, 0.3) is 11.0 Å². The van der Waals surface area contributed by atoms with E-state index in [1.807, 2.05) is 14.0 Å². The lowest BCUT2D eigenvalue weighted by atomic mass is 10.1. The van der Waals surface area contributed by atoms with E-state index < -0.39 is 0 Å².